The van der Waals surface area contributed by atoms with E-state index in [9.17, 15) is 23.3 Å². The molecule has 132 valence electrons. The number of hydrogen-bond donors (Lipinski definition) is 2. The Morgan fingerprint density at radius 1 is 1.16 bits per heavy atom. The number of nitrogens with one attached hydrogen (secondary N) is 2. The van der Waals surface area contributed by atoms with E-state index in [1.807, 2.05) is 0 Å². The number of urea groups is 1. The van der Waals surface area contributed by atoms with E-state index in [1.54, 1.807) is 6.92 Å². The Kier molecular flexibility index (Phi) is 5.51. The van der Waals surface area contributed by atoms with Gasteiger partial charge in [-0.05, 0) is 37.3 Å². The zero-order valence-corrected chi connectivity index (χ0v) is 14.9. The van der Waals surface area contributed by atoms with Crippen LogP contribution in [-0.4, -0.2) is 19.4 Å². The van der Waals surface area contributed by atoms with Crippen molar-refractivity contribution in [1.29, 1.82) is 0 Å². The van der Waals surface area contributed by atoms with Crippen LogP contribution in [0.4, 0.5) is 21.9 Å². The lowest BCUT2D eigenvalue weighted by Crippen LogP contribution is -2.19. The van der Waals surface area contributed by atoms with Crippen LogP contribution in [0.25, 0.3) is 0 Å². The predicted octanol–water partition coefficient (Wildman–Crippen LogP) is 4.13. The second-order valence-corrected chi connectivity index (χ2v) is 7.89. The van der Waals surface area contributed by atoms with Crippen molar-refractivity contribution >= 4 is 54.4 Å². The van der Waals surface area contributed by atoms with Crippen molar-refractivity contribution in [2.75, 3.05) is 10.6 Å². The summed E-state index contributed by atoms with van der Waals surface area (Å²) in [6, 6.07) is 7.04. The van der Waals surface area contributed by atoms with Crippen LogP contribution in [0.3, 0.4) is 0 Å². The van der Waals surface area contributed by atoms with Gasteiger partial charge in [-0.1, -0.05) is 11.6 Å². The van der Waals surface area contributed by atoms with Crippen molar-refractivity contribution in [3.05, 3.63) is 57.1 Å². The Bertz CT molecular complexity index is 963. The van der Waals surface area contributed by atoms with Crippen LogP contribution < -0.4 is 10.6 Å². The van der Waals surface area contributed by atoms with E-state index in [2.05, 4.69) is 10.6 Å². The van der Waals surface area contributed by atoms with E-state index >= 15 is 0 Å². The van der Waals surface area contributed by atoms with Gasteiger partial charge in [0.2, 0.25) is 0 Å². The second-order valence-electron chi connectivity index (χ2n) is 4.92. The number of rotatable bonds is 4. The molecule has 0 fully saturated rings. The van der Waals surface area contributed by atoms with Crippen LogP contribution in [0.2, 0.25) is 5.02 Å². The second kappa shape index (κ2) is 7.26. The SMILES string of the molecule is Cc1cc(NC(=O)Nc2ccc(S(=O)(=O)Cl)cc2Cl)ccc1[N+](=O)[O-]. The van der Waals surface area contributed by atoms with E-state index in [1.165, 1.54) is 30.3 Å². The highest BCUT2D eigenvalue weighted by molar-refractivity contribution is 8.13. The fourth-order valence-electron chi connectivity index (χ4n) is 1.97. The molecule has 0 aliphatic carbocycles. The standard InChI is InChI=1S/C14H11Cl2N3O5S/c1-8-6-9(2-5-13(8)19(21)22)17-14(20)18-12-4-3-10(7-11(12)15)25(16,23)24/h2-7H,1H3,(H2,17,18,20). The van der Waals surface area contributed by atoms with Gasteiger partial charge in [-0.15, -0.1) is 0 Å². The van der Waals surface area contributed by atoms with Crippen LogP contribution >= 0.6 is 22.3 Å². The number of carbonyl (C=O) groups excluding carboxylic acids is 1. The minimum Gasteiger partial charge on any atom is -0.308 e. The summed E-state index contributed by atoms with van der Waals surface area (Å²) < 4.78 is 22.5. The maximum absolute atomic E-state index is 12.0. The Balaban J connectivity index is 2.13. The summed E-state index contributed by atoms with van der Waals surface area (Å²) in [4.78, 5) is 22.0. The molecule has 2 N–H and O–H groups in total. The first-order valence-corrected chi connectivity index (χ1v) is 9.34. The number of carbonyl (C=O) groups is 1. The zero-order chi connectivity index (χ0) is 18.8. The Morgan fingerprint density at radius 3 is 2.36 bits per heavy atom. The fourth-order valence-corrected chi connectivity index (χ4v) is 3.04. The molecular weight excluding hydrogens is 393 g/mol. The summed E-state index contributed by atoms with van der Waals surface area (Å²) in [6.45, 7) is 1.55. The van der Waals surface area contributed by atoms with Crippen LogP contribution in [0, 0.1) is 17.0 Å². The van der Waals surface area contributed by atoms with Gasteiger partial charge in [0.25, 0.3) is 14.7 Å². The molecule has 0 radical (unpaired) electrons. The van der Waals surface area contributed by atoms with E-state index in [0.29, 0.717) is 11.3 Å². The summed E-state index contributed by atoms with van der Waals surface area (Å²) in [6.07, 6.45) is 0. The monoisotopic (exact) mass is 403 g/mol. The third kappa shape index (κ3) is 4.81. The van der Waals surface area contributed by atoms with Crippen LogP contribution in [0.1, 0.15) is 5.56 Å². The minimum atomic E-state index is -3.93. The average molecular weight is 404 g/mol. The number of nitrogens with zero attached hydrogens (tertiary/aromatic N) is 1. The summed E-state index contributed by atoms with van der Waals surface area (Å²) in [5, 5.41) is 15.7. The highest BCUT2D eigenvalue weighted by Gasteiger charge is 2.14. The van der Waals surface area contributed by atoms with Crippen LogP contribution in [0.5, 0.6) is 0 Å². The quantitative estimate of drug-likeness (QED) is 0.451. The molecule has 11 heteroatoms. The summed E-state index contributed by atoms with van der Waals surface area (Å²) in [5.41, 5.74) is 0.836. The number of benzene rings is 2. The zero-order valence-electron chi connectivity index (χ0n) is 12.6. The van der Waals surface area contributed by atoms with Gasteiger partial charge in [0.15, 0.2) is 0 Å². The van der Waals surface area contributed by atoms with E-state index < -0.39 is 20.0 Å². The van der Waals surface area contributed by atoms with Gasteiger partial charge in [0.05, 0.1) is 20.5 Å². The van der Waals surface area contributed by atoms with Gasteiger partial charge < -0.3 is 10.6 Å². The van der Waals surface area contributed by atoms with Gasteiger partial charge in [-0.3, -0.25) is 10.1 Å². The number of amides is 2. The van der Waals surface area contributed by atoms with Crippen LogP contribution in [0.15, 0.2) is 41.3 Å². The van der Waals surface area contributed by atoms with Crippen molar-refractivity contribution in [3.63, 3.8) is 0 Å². The lowest BCUT2D eigenvalue weighted by atomic mass is 10.2. The third-order valence-electron chi connectivity index (χ3n) is 3.12. The molecule has 0 saturated heterocycles. The third-order valence-corrected chi connectivity index (χ3v) is 4.79. The molecule has 0 spiro atoms. The minimum absolute atomic E-state index is 0.0169. The van der Waals surface area contributed by atoms with Crippen LogP contribution in [-0.2, 0) is 9.05 Å². The summed E-state index contributed by atoms with van der Waals surface area (Å²) >= 11 is 5.92. The molecule has 25 heavy (non-hydrogen) atoms. The molecule has 2 rings (SSSR count). The molecule has 0 heterocycles. The fraction of sp³-hybridized carbons (Fsp3) is 0.0714. The molecule has 0 atom stereocenters. The summed E-state index contributed by atoms with van der Waals surface area (Å²) in [5.74, 6) is 0. The molecule has 0 unspecified atom stereocenters. The molecule has 2 aromatic carbocycles. The Labute approximate surface area is 152 Å². The first kappa shape index (κ1) is 19.0. The van der Waals surface area contributed by atoms with Crippen molar-refractivity contribution in [2.45, 2.75) is 11.8 Å². The normalized spacial score (nSPS) is 11.0. The maximum atomic E-state index is 12.0. The number of halogens is 2. The van der Waals surface area contributed by atoms with Gasteiger partial charge in [-0.25, -0.2) is 13.2 Å². The van der Waals surface area contributed by atoms with E-state index in [-0.39, 0.29) is 21.3 Å². The van der Waals surface area contributed by atoms with Gasteiger partial charge in [0.1, 0.15) is 0 Å². The molecule has 0 bridgehead atoms. The molecule has 0 aliphatic heterocycles. The number of nitro groups is 1. The van der Waals surface area contributed by atoms with Crippen molar-refractivity contribution in [3.8, 4) is 0 Å². The lowest BCUT2D eigenvalue weighted by molar-refractivity contribution is -0.385. The first-order valence-electron chi connectivity index (χ1n) is 6.65. The van der Waals surface area contributed by atoms with Gasteiger partial charge in [0, 0.05) is 28.0 Å². The Hall–Kier alpha value is -2.36. The van der Waals surface area contributed by atoms with E-state index in [4.69, 9.17) is 22.3 Å². The van der Waals surface area contributed by atoms with Crippen molar-refractivity contribution < 1.29 is 18.1 Å². The van der Waals surface area contributed by atoms with Crippen molar-refractivity contribution in [1.82, 2.24) is 0 Å². The predicted molar refractivity (Wildman–Crippen MR) is 95.0 cm³/mol. The number of anilines is 2. The molecule has 2 amide bonds. The number of nitro benzene ring substituents is 1. The van der Waals surface area contributed by atoms with Gasteiger partial charge >= 0.3 is 6.03 Å². The smallest absolute Gasteiger partial charge is 0.308 e. The van der Waals surface area contributed by atoms with E-state index in [0.717, 1.165) is 6.07 Å². The largest absolute Gasteiger partial charge is 0.323 e. The molecule has 8 nitrogen and oxygen atoms in total. The topological polar surface area (TPSA) is 118 Å². The number of aryl methyl sites for hydroxylation is 1. The highest BCUT2D eigenvalue weighted by Crippen LogP contribution is 2.27. The highest BCUT2D eigenvalue weighted by atomic mass is 35.7. The van der Waals surface area contributed by atoms with Gasteiger partial charge in [-0.2, -0.15) is 0 Å². The summed E-state index contributed by atoms with van der Waals surface area (Å²) in [7, 11) is 1.28. The molecule has 2 aromatic rings. The lowest BCUT2D eigenvalue weighted by Gasteiger charge is -2.10. The molecule has 0 saturated carbocycles. The number of hydrogen-bond acceptors (Lipinski definition) is 5. The first-order chi connectivity index (χ1) is 11.6. The maximum Gasteiger partial charge on any atom is 0.323 e. The van der Waals surface area contributed by atoms with Crippen molar-refractivity contribution in [2.24, 2.45) is 0 Å². The molecule has 0 aromatic heterocycles. The molecular formula is C14H11Cl2N3O5S. The Morgan fingerprint density at radius 2 is 1.84 bits per heavy atom. The average Bonchev–Trinajstić information content (AvgIpc) is 2.47. The molecule has 0 aliphatic rings.